The van der Waals surface area contributed by atoms with Gasteiger partial charge in [0.15, 0.2) is 5.78 Å². The van der Waals surface area contributed by atoms with E-state index in [0.717, 1.165) is 45.0 Å². The fraction of sp³-hybridized carbons (Fsp3) is 0.667. The SMILES string of the molecule is COCCN1CCN(c2ccc(C(=O)NC(C(=O)N3C[C@H](OC)[C@H]4OCC(=O)[C@H]43)C(C)(C)C)cc2)CC1. The molecule has 0 aliphatic carbocycles. The number of fused-ring (bicyclic) bond motifs is 1. The average Bonchev–Trinajstić information content (AvgIpc) is 3.45. The topological polar surface area (TPSA) is 101 Å². The van der Waals surface area contributed by atoms with Gasteiger partial charge in [-0.05, 0) is 29.7 Å². The molecule has 0 spiro atoms. The lowest BCUT2D eigenvalue weighted by Crippen LogP contribution is -2.57. The summed E-state index contributed by atoms with van der Waals surface area (Å²) in [7, 11) is 3.27. The van der Waals surface area contributed by atoms with E-state index in [1.54, 1.807) is 26.4 Å². The van der Waals surface area contributed by atoms with Gasteiger partial charge in [-0.15, -0.1) is 0 Å². The van der Waals surface area contributed by atoms with Crippen LogP contribution in [0.25, 0.3) is 0 Å². The zero-order valence-electron chi connectivity index (χ0n) is 22.6. The van der Waals surface area contributed by atoms with E-state index >= 15 is 0 Å². The third kappa shape index (κ3) is 5.98. The van der Waals surface area contributed by atoms with Gasteiger partial charge in [0.1, 0.15) is 30.9 Å². The van der Waals surface area contributed by atoms with Gasteiger partial charge in [-0.3, -0.25) is 19.3 Å². The molecule has 3 saturated heterocycles. The van der Waals surface area contributed by atoms with E-state index < -0.39 is 23.6 Å². The second-order valence-corrected chi connectivity index (χ2v) is 11.1. The smallest absolute Gasteiger partial charge is 0.251 e. The van der Waals surface area contributed by atoms with Crippen molar-refractivity contribution in [1.82, 2.24) is 15.1 Å². The first-order chi connectivity index (χ1) is 17.6. The number of anilines is 1. The van der Waals surface area contributed by atoms with Gasteiger partial charge in [0, 0.05) is 58.2 Å². The summed E-state index contributed by atoms with van der Waals surface area (Å²) in [6.45, 7) is 11.4. The number of nitrogens with zero attached hydrogens (tertiary/aromatic N) is 3. The lowest BCUT2D eigenvalue weighted by atomic mass is 9.85. The molecular formula is C27H40N4O6. The lowest BCUT2D eigenvalue weighted by molar-refractivity contribution is -0.140. The molecule has 3 heterocycles. The molecule has 1 N–H and O–H groups in total. The average molecular weight is 517 g/mol. The summed E-state index contributed by atoms with van der Waals surface area (Å²) < 4.78 is 16.3. The van der Waals surface area contributed by atoms with Crippen LogP contribution in [-0.2, 0) is 23.8 Å². The van der Waals surface area contributed by atoms with Gasteiger partial charge < -0.3 is 29.3 Å². The summed E-state index contributed by atoms with van der Waals surface area (Å²) >= 11 is 0. The van der Waals surface area contributed by atoms with E-state index in [1.807, 2.05) is 32.9 Å². The number of methoxy groups -OCH3 is 2. The Balaban J connectivity index is 1.41. The Hall–Kier alpha value is -2.53. The maximum atomic E-state index is 13.7. The van der Waals surface area contributed by atoms with Crippen molar-refractivity contribution in [2.45, 2.75) is 45.1 Å². The molecule has 3 aliphatic heterocycles. The molecular weight excluding hydrogens is 476 g/mol. The first kappa shape index (κ1) is 27.5. The van der Waals surface area contributed by atoms with E-state index in [1.165, 1.54) is 4.90 Å². The van der Waals surface area contributed by atoms with Gasteiger partial charge in [-0.1, -0.05) is 20.8 Å². The van der Waals surface area contributed by atoms with Crippen molar-refractivity contribution in [3.63, 3.8) is 0 Å². The fourth-order valence-corrected chi connectivity index (χ4v) is 5.35. The zero-order valence-corrected chi connectivity index (χ0v) is 22.6. The van der Waals surface area contributed by atoms with Crippen molar-refractivity contribution >= 4 is 23.3 Å². The number of ether oxygens (including phenoxy) is 3. The Morgan fingerprint density at radius 3 is 2.38 bits per heavy atom. The molecule has 4 atom stereocenters. The number of rotatable bonds is 8. The third-order valence-electron chi connectivity index (χ3n) is 7.59. The molecule has 10 nitrogen and oxygen atoms in total. The van der Waals surface area contributed by atoms with Crippen LogP contribution >= 0.6 is 0 Å². The lowest BCUT2D eigenvalue weighted by Gasteiger charge is -2.36. The minimum atomic E-state index is -0.815. The molecule has 204 valence electrons. The Kier molecular flexibility index (Phi) is 8.52. The molecule has 1 unspecified atom stereocenters. The van der Waals surface area contributed by atoms with E-state index in [4.69, 9.17) is 14.2 Å². The molecule has 0 saturated carbocycles. The monoisotopic (exact) mass is 516 g/mol. The Morgan fingerprint density at radius 1 is 1.11 bits per heavy atom. The molecule has 2 amide bonds. The number of carbonyl (C=O) groups excluding carboxylic acids is 3. The highest BCUT2D eigenvalue weighted by atomic mass is 16.5. The van der Waals surface area contributed by atoms with Gasteiger partial charge in [0.25, 0.3) is 5.91 Å². The van der Waals surface area contributed by atoms with Crippen molar-refractivity contribution in [3.05, 3.63) is 29.8 Å². The summed E-state index contributed by atoms with van der Waals surface area (Å²) in [5, 5.41) is 2.95. The Labute approximate surface area is 219 Å². The van der Waals surface area contributed by atoms with E-state index in [0.29, 0.717) is 5.56 Å². The number of amides is 2. The molecule has 1 aromatic carbocycles. The van der Waals surface area contributed by atoms with Gasteiger partial charge in [-0.25, -0.2) is 0 Å². The number of Topliss-reactive ketones (excluding diaryl/α,β-unsaturated/α-hetero) is 1. The predicted octanol–water partition coefficient (Wildman–Crippen LogP) is 0.793. The molecule has 0 bridgehead atoms. The molecule has 1 aromatic rings. The maximum Gasteiger partial charge on any atom is 0.251 e. The number of hydrogen-bond acceptors (Lipinski definition) is 8. The van der Waals surface area contributed by atoms with E-state index in [9.17, 15) is 14.4 Å². The van der Waals surface area contributed by atoms with Gasteiger partial charge in [0.05, 0.1) is 13.2 Å². The highest BCUT2D eigenvalue weighted by Crippen LogP contribution is 2.32. The van der Waals surface area contributed by atoms with Gasteiger partial charge in [-0.2, -0.15) is 0 Å². The molecule has 0 radical (unpaired) electrons. The van der Waals surface area contributed by atoms with Crippen LogP contribution in [0.15, 0.2) is 24.3 Å². The van der Waals surface area contributed by atoms with E-state index in [2.05, 4.69) is 15.1 Å². The largest absolute Gasteiger partial charge is 0.383 e. The minimum Gasteiger partial charge on any atom is -0.383 e. The van der Waals surface area contributed by atoms with Gasteiger partial charge in [0.2, 0.25) is 5.91 Å². The number of benzene rings is 1. The zero-order chi connectivity index (χ0) is 26.7. The summed E-state index contributed by atoms with van der Waals surface area (Å²) in [6, 6.07) is 6.02. The Bertz CT molecular complexity index is 970. The van der Waals surface area contributed by atoms with Crippen LogP contribution in [0.2, 0.25) is 0 Å². The fourth-order valence-electron chi connectivity index (χ4n) is 5.35. The molecule has 10 heteroatoms. The van der Waals surface area contributed by atoms with Crippen LogP contribution in [0.5, 0.6) is 0 Å². The van der Waals surface area contributed by atoms with Crippen molar-refractivity contribution < 1.29 is 28.6 Å². The number of carbonyl (C=O) groups is 3. The first-order valence-electron chi connectivity index (χ1n) is 13.0. The molecule has 3 fully saturated rings. The van der Waals surface area contributed by atoms with E-state index in [-0.39, 0.29) is 36.9 Å². The van der Waals surface area contributed by atoms with Crippen LogP contribution < -0.4 is 10.2 Å². The first-order valence-corrected chi connectivity index (χ1v) is 13.0. The number of likely N-dealkylation sites (tertiary alicyclic amines) is 1. The summed E-state index contributed by atoms with van der Waals surface area (Å²) in [6.07, 6.45) is -0.835. The van der Waals surface area contributed by atoms with Crippen molar-refractivity contribution in [2.24, 2.45) is 5.41 Å². The summed E-state index contributed by atoms with van der Waals surface area (Å²) in [5.74, 6) is -0.749. The number of piperazine rings is 1. The Morgan fingerprint density at radius 2 is 1.78 bits per heavy atom. The summed E-state index contributed by atoms with van der Waals surface area (Å²) in [5.41, 5.74) is 0.983. The van der Waals surface area contributed by atoms with Crippen LogP contribution in [-0.4, -0.2) is 118 Å². The molecule has 0 aromatic heterocycles. The second-order valence-electron chi connectivity index (χ2n) is 11.1. The standard InChI is InChI=1S/C27H40N4O6/c1-27(2,3)24(26(34)31-16-21(36-5)23-22(31)20(32)17-37-23)28-25(33)18-6-8-19(9-7-18)30-12-10-29(11-13-30)14-15-35-4/h6-9,21-24H,10-17H2,1-5H3,(H,28,33)/t21-,22+,23+,24?/m0/s1. The molecule has 3 aliphatic rings. The highest BCUT2D eigenvalue weighted by Gasteiger charge is 2.54. The molecule has 4 rings (SSSR count). The van der Waals surface area contributed by atoms with Crippen molar-refractivity contribution in [2.75, 3.05) is 71.6 Å². The van der Waals surface area contributed by atoms with Crippen LogP contribution in [0.4, 0.5) is 5.69 Å². The number of ketones is 1. The quantitative estimate of drug-likeness (QED) is 0.542. The maximum absolute atomic E-state index is 13.7. The predicted molar refractivity (Wildman–Crippen MR) is 139 cm³/mol. The minimum absolute atomic E-state index is 0.0277. The number of nitrogens with one attached hydrogen (secondary N) is 1. The van der Waals surface area contributed by atoms with Crippen molar-refractivity contribution in [1.29, 1.82) is 0 Å². The third-order valence-corrected chi connectivity index (χ3v) is 7.59. The normalized spacial score (nSPS) is 25.3. The molecule has 37 heavy (non-hydrogen) atoms. The van der Waals surface area contributed by atoms with Gasteiger partial charge >= 0.3 is 0 Å². The van der Waals surface area contributed by atoms with Crippen LogP contribution in [0, 0.1) is 5.41 Å². The summed E-state index contributed by atoms with van der Waals surface area (Å²) in [4.78, 5) is 45.6. The number of hydrogen-bond donors (Lipinski definition) is 1. The van der Waals surface area contributed by atoms with Crippen LogP contribution in [0.1, 0.15) is 31.1 Å². The van der Waals surface area contributed by atoms with Crippen LogP contribution in [0.3, 0.4) is 0 Å². The highest BCUT2D eigenvalue weighted by molar-refractivity contribution is 5.99. The second kappa shape index (κ2) is 11.5. The van der Waals surface area contributed by atoms with Crippen molar-refractivity contribution in [3.8, 4) is 0 Å².